The maximum absolute atomic E-state index is 12.9. The second-order valence-electron chi connectivity index (χ2n) is 26.0. The third-order valence-electron chi connectivity index (χ3n) is 17.8. The van der Waals surface area contributed by atoms with Crippen LogP contribution in [0.5, 0.6) is 0 Å². The van der Waals surface area contributed by atoms with Crippen LogP contribution in [-0.4, -0.2) is 112 Å². The summed E-state index contributed by atoms with van der Waals surface area (Å²) in [6, 6.07) is 83.4. The summed E-state index contributed by atoms with van der Waals surface area (Å²) in [5.74, 6) is -2.22. The Labute approximate surface area is 800 Å². The van der Waals surface area contributed by atoms with Crippen molar-refractivity contribution in [1.29, 1.82) is 0 Å². The van der Waals surface area contributed by atoms with Crippen molar-refractivity contribution < 1.29 is 107 Å². The van der Waals surface area contributed by atoms with E-state index in [-0.39, 0.29) is 118 Å². The molecule has 0 heterocycles. The average Bonchev–Trinajstić information content (AvgIpc) is 0.805. The van der Waals surface area contributed by atoms with Gasteiger partial charge in [0.15, 0.2) is 0 Å². The topological polar surface area (TPSA) is 348 Å². The minimum Gasteiger partial charge on any atom is -0.870 e. The fourth-order valence-electron chi connectivity index (χ4n) is 11.7. The molecule has 12 aromatic carbocycles. The van der Waals surface area contributed by atoms with E-state index in [2.05, 4.69) is 62.2 Å². The number of ether oxygens (including phenoxy) is 3. The molecule has 0 radical (unpaired) electrons. The van der Waals surface area contributed by atoms with Crippen LogP contribution in [0, 0.1) is 0 Å². The number of benzene rings is 12. The van der Waals surface area contributed by atoms with Gasteiger partial charge in [0, 0.05) is 101 Å². The van der Waals surface area contributed by atoms with Gasteiger partial charge in [-0.3, -0.25) is 19.2 Å². The van der Waals surface area contributed by atoms with Crippen molar-refractivity contribution in [3.63, 3.8) is 0 Å². The molecule has 0 spiro atoms. The monoisotopic (exact) mass is 2010 g/mol. The summed E-state index contributed by atoms with van der Waals surface area (Å²) in [7, 11) is 1.02. The summed E-state index contributed by atoms with van der Waals surface area (Å²) in [6.07, 6.45) is -0.260. The normalized spacial score (nSPS) is 11.7. The molecule has 0 aromatic heterocycles. The minimum absolute atomic E-state index is 0. The SMILES string of the molecule is CCN(CC)CC.CCOC(=O)C[C@@H](N)c1ccccc1.CCOC(=O)C[C@@H](NS(=O)(=O)c1ccc2ccccc2c1)c1ccccc1.CCOC(=O)C[C@@H](NS(=O)(=O)c1ccc2ccccc2c1)c1ccccc1.Cl.O=C(O)C[C@@H](NS(=O)(=O)c1ccc2ccccc2c1)c1ccccc1.O=S(=O)(Cl)c1ccc2ccccc2c1.S=S=S=S=S=S=S=S=S.[Na+].[OH-]. The largest absolute Gasteiger partial charge is 1.00 e. The number of esters is 3. The molecule has 0 aliphatic rings. The van der Waals surface area contributed by atoms with Crippen LogP contribution in [-0.2, 0) is 157 Å². The third kappa shape index (κ3) is 40.4. The Balaban J connectivity index is 0.000000394. The molecule has 38 heteroatoms. The Bertz CT molecular complexity index is 6070. The molecule has 12 aromatic rings. The van der Waals surface area contributed by atoms with Gasteiger partial charge in [0.1, 0.15) is 0 Å². The number of carboxylic acids is 1. The van der Waals surface area contributed by atoms with Crippen LogP contribution in [0.1, 0.15) is 114 Å². The van der Waals surface area contributed by atoms with Gasteiger partial charge in [-0.2, -0.15) is 0 Å². The van der Waals surface area contributed by atoms with Crippen LogP contribution in [0.4, 0.5) is 0 Å². The molecule has 0 unspecified atom stereocenters. The number of fused-ring (bicyclic) bond motifs is 4. The van der Waals surface area contributed by atoms with Crippen molar-refractivity contribution in [1.82, 2.24) is 19.1 Å². The van der Waals surface area contributed by atoms with Gasteiger partial charge < -0.3 is 35.4 Å². The second-order valence-corrected chi connectivity index (χ2v) is 46.1. The van der Waals surface area contributed by atoms with E-state index in [1.54, 1.807) is 205 Å². The Hall–Kier alpha value is -7.32. The van der Waals surface area contributed by atoms with Gasteiger partial charge in [0.2, 0.25) is 30.1 Å². The van der Waals surface area contributed by atoms with Crippen molar-refractivity contribution in [2.75, 3.05) is 39.5 Å². The van der Waals surface area contributed by atoms with E-state index in [9.17, 15) is 52.8 Å². The molecule has 7 N–H and O–H groups in total. The first-order valence-electron chi connectivity index (χ1n) is 38.3. The van der Waals surface area contributed by atoms with Crippen LogP contribution < -0.4 is 49.5 Å². The first-order chi connectivity index (χ1) is 59.0. The number of sulfonamides is 3. The molecule has 0 saturated heterocycles. The predicted octanol–water partition coefficient (Wildman–Crippen LogP) is 13.9. The van der Waals surface area contributed by atoms with Crippen LogP contribution in [0.2, 0.25) is 0 Å². The van der Waals surface area contributed by atoms with Crippen LogP contribution in [0.15, 0.2) is 311 Å². The zero-order valence-corrected chi connectivity index (χ0v) is 83.9. The molecule has 22 nitrogen and oxygen atoms in total. The molecule has 0 fully saturated rings. The maximum Gasteiger partial charge on any atom is 1.00 e. The van der Waals surface area contributed by atoms with E-state index in [1.165, 1.54) is 49.5 Å². The molecule has 0 aliphatic carbocycles. The summed E-state index contributed by atoms with van der Waals surface area (Å²) in [5, 5.41) is 16.3. The molecule has 0 amide bonds. The first kappa shape index (κ1) is 113. The van der Waals surface area contributed by atoms with Crippen LogP contribution >= 0.6 is 23.1 Å². The Morgan fingerprint density at radius 2 is 0.603 bits per heavy atom. The summed E-state index contributed by atoms with van der Waals surface area (Å²) >= 11 is 9.27. The number of nitrogens with one attached hydrogen (secondary N) is 3. The van der Waals surface area contributed by atoms with Gasteiger partial charge in [-0.1, -0.05) is 263 Å². The quantitative estimate of drug-likeness (QED) is 0.0132. The van der Waals surface area contributed by atoms with E-state index in [1.807, 2.05) is 140 Å². The second kappa shape index (κ2) is 60.5. The Morgan fingerprint density at radius 1 is 0.365 bits per heavy atom. The minimum atomic E-state index is -3.86. The third-order valence-corrected chi connectivity index (χ3v) is 36.8. The molecule has 12 rings (SSSR count). The number of aliphatic carboxylic acids is 1. The fourth-order valence-corrected chi connectivity index (χ4v) is 30.0. The zero-order chi connectivity index (χ0) is 89.6. The molecule has 0 aliphatic heterocycles. The summed E-state index contributed by atoms with van der Waals surface area (Å²) < 4.78 is 122. The standard InChI is InChI=1S/2C21H21NO4S.C19H17NO4S.C11H15NO2.C10H7ClO2S.C6H15N.ClH.Na.H2O.S9/c2*1-2-26-21(23)15-20(17-9-4-3-5-10-17)22-27(24,25)19-13-12-16-8-6-7-11-18(16)14-19;21-19(22)13-18(15-7-2-1-3-8-15)20-25(23,24)17-11-10-14-6-4-5-9-16(14)12-17;1-2-14-11(13)8-10(12)9-6-4-3-5-7-9;11-14(12,13)10-6-5-8-3-1-2-4-9(8)7-10;1-4-7(5-2)6-3;;;;1-3-5-7-9-8-6-4-2/h2*3-14,20,22H,2,15H2,1H3;1-12,18,20H,13H2,(H,21,22);3-7,10H,2,8,12H2,1H3;1-7H;4-6H2,1-3H3;1H;;1H2;/q;;;;;;;+1;;/p-1/t2*20-;18-;10-;;;;;;/m1111....../s1. The van der Waals surface area contributed by atoms with Gasteiger partial charge in [0.25, 0.3) is 9.05 Å². The van der Waals surface area contributed by atoms with Crippen molar-refractivity contribution in [3.05, 3.63) is 313 Å². The van der Waals surface area contributed by atoms with E-state index in [0.717, 1.165) is 48.7 Å². The fraction of sp³-hybridized carbons (Fsp3) is 0.227. The summed E-state index contributed by atoms with van der Waals surface area (Å²) in [4.78, 5) is 49.1. The van der Waals surface area contributed by atoms with Gasteiger partial charge in [-0.25, -0.2) is 47.8 Å². The number of nitrogens with zero attached hydrogens (tertiary/aromatic N) is 1. The van der Waals surface area contributed by atoms with Gasteiger partial charge in [-0.15, -0.1) is 12.4 Å². The van der Waals surface area contributed by atoms with Gasteiger partial charge in [0.05, 0.1) is 83.2 Å². The van der Waals surface area contributed by atoms with Crippen LogP contribution in [0.3, 0.4) is 0 Å². The molecular weight excluding hydrogens is 1910 g/mol. The number of carbonyl (C=O) groups excluding carboxylic acids is 3. The van der Waals surface area contributed by atoms with E-state index >= 15 is 0 Å². The zero-order valence-electron chi connectivity index (χ0n) is 69.7. The molecule has 0 bridgehead atoms. The number of rotatable bonds is 28. The van der Waals surface area contributed by atoms with Gasteiger partial charge in [-0.05, 0) is 154 Å². The molecule has 126 heavy (non-hydrogen) atoms. The van der Waals surface area contributed by atoms with E-state index in [0.29, 0.717) is 23.3 Å². The van der Waals surface area contributed by atoms with Crippen LogP contribution in [0.25, 0.3) is 43.1 Å². The summed E-state index contributed by atoms with van der Waals surface area (Å²) in [6.45, 7) is 16.2. The van der Waals surface area contributed by atoms with Crippen molar-refractivity contribution in [3.8, 4) is 0 Å². The van der Waals surface area contributed by atoms with Gasteiger partial charge >= 0.3 is 53.4 Å². The number of halogens is 2. The molecule has 670 valence electrons. The number of hydrogen-bond donors (Lipinski definition) is 5. The average molecular weight is 2010 g/mol. The Morgan fingerprint density at radius 3 is 0.857 bits per heavy atom. The van der Waals surface area contributed by atoms with E-state index < -0.39 is 75.2 Å². The van der Waals surface area contributed by atoms with Crippen molar-refractivity contribution in [2.24, 2.45) is 5.73 Å². The number of carbonyl (C=O) groups is 4. The molecule has 0 saturated carbocycles. The summed E-state index contributed by atoms with van der Waals surface area (Å²) in [5.41, 5.74) is 8.80. The van der Waals surface area contributed by atoms with Crippen molar-refractivity contribution in [2.45, 2.75) is 111 Å². The number of nitrogens with two attached hydrogens (primary N) is 1. The van der Waals surface area contributed by atoms with E-state index in [4.69, 9.17) is 35.7 Å². The predicted molar refractivity (Wildman–Crippen MR) is 526 cm³/mol. The van der Waals surface area contributed by atoms with Crippen molar-refractivity contribution >= 4 is 214 Å². The number of hydrogen-bond acceptors (Lipinski definition) is 20. The maximum atomic E-state index is 12.9. The Kier molecular flexibility index (Phi) is 54.2. The molecule has 4 atom stereocenters. The molecular formula is C88H98Cl2N5NaO17S13. The smallest absolute Gasteiger partial charge is 0.870 e. The first-order valence-corrected chi connectivity index (χ1v) is 55.7. The number of carboxylic acid groups (broad SMARTS) is 1.